The minimum Gasteiger partial charge on any atom is -0.408 e. The molecular weight excluding hydrogens is 337 g/mol. The largest absolute Gasteiger partial charge is 0.408 e. The van der Waals surface area contributed by atoms with E-state index in [4.69, 9.17) is 4.42 Å². The van der Waals surface area contributed by atoms with E-state index in [0.29, 0.717) is 11.4 Å². The van der Waals surface area contributed by atoms with Crippen molar-refractivity contribution in [1.82, 2.24) is 24.5 Å². The summed E-state index contributed by atoms with van der Waals surface area (Å²) >= 11 is 0. The molecule has 1 aliphatic rings. The van der Waals surface area contributed by atoms with Crippen LogP contribution in [0.25, 0.3) is 17.0 Å². The van der Waals surface area contributed by atoms with Gasteiger partial charge in [-0.1, -0.05) is 5.10 Å². The molecule has 1 unspecified atom stereocenters. The Hall–Kier alpha value is -2.33. The molecule has 1 aliphatic carbocycles. The number of nitrogens with one attached hydrogen (secondary N) is 2. The van der Waals surface area contributed by atoms with Gasteiger partial charge >= 0.3 is 11.7 Å². The lowest BCUT2D eigenvalue weighted by Crippen LogP contribution is -2.30. The summed E-state index contributed by atoms with van der Waals surface area (Å²) in [5.41, 5.74) is -0.200. The van der Waals surface area contributed by atoms with E-state index >= 15 is 0 Å². The Morgan fingerprint density at radius 1 is 1.42 bits per heavy atom. The van der Waals surface area contributed by atoms with Crippen LogP contribution in [0, 0.1) is 12.7 Å². The van der Waals surface area contributed by atoms with Gasteiger partial charge in [0.05, 0.1) is 15.9 Å². The van der Waals surface area contributed by atoms with E-state index in [1.54, 1.807) is 6.92 Å². The van der Waals surface area contributed by atoms with Gasteiger partial charge in [0.1, 0.15) is 16.8 Å². The van der Waals surface area contributed by atoms with Crippen molar-refractivity contribution in [2.75, 3.05) is 0 Å². The first-order chi connectivity index (χ1) is 11.4. The minimum absolute atomic E-state index is 0.0281. The Bertz CT molecular complexity index is 1030. The SMILES string of the molecule is Cc1nnc(-n2c(=O)[nH]c3cc(F)c(S(=O)NC4(C)CC4)cc32)o1. The molecular formula is C14H14FN5O3S. The van der Waals surface area contributed by atoms with Crippen LogP contribution in [-0.4, -0.2) is 29.5 Å². The molecule has 0 aliphatic heterocycles. The first-order valence-electron chi connectivity index (χ1n) is 7.31. The zero-order valence-corrected chi connectivity index (χ0v) is 13.7. The lowest BCUT2D eigenvalue weighted by molar-refractivity contribution is 0.495. The summed E-state index contributed by atoms with van der Waals surface area (Å²) in [6, 6.07) is 2.46. The molecule has 0 saturated heterocycles. The van der Waals surface area contributed by atoms with Gasteiger partial charge in [0.15, 0.2) is 0 Å². The summed E-state index contributed by atoms with van der Waals surface area (Å²) in [5.74, 6) is -0.367. The zero-order valence-electron chi connectivity index (χ0n) is 12.9. The molecule has 10 heteroatoms. The van der Waals surface area contributed by atoms with Crippen LogP contribution >= 0.6 is 0 Å². The minimum atomic E-state index is -1.73. The molecule has 0 amide bonds. The third kappa shape index (κ3) is 2.47. The third-order valence-electron chi connectivity index (χ3n) is 3.98. The van der Waals surface area contributed by atoms with E-state index in [1.165, 1.54) is 6.07 Å². The Labute approximate surface area is 137 Å². The maximum Gasteiger partial charge on any atom is 0.334 e. The lowest BCUT2D eigenvalue weighted by atomic mass is 10.3. The molecule has 4 rings (SSSR count). The van der Waals surface area contributed by atoms with Gasteiger partial charge in [0, 0.05) is 18.5 Å². The molecule has 1 fully saturated rings. The van der Waals surface area contributed by atoms with Gasteiger partial charge < -0.3 is 9.40 Å². The number of hydrogen-bond acceptors (Lipinski definition) is 5. The summed E-state index contributed by atoms with van der Waals surface area (Å²) in [7, 11) is -1.73. The highest BCUT2D eigenvalue weighted by molar-refractivity contribution is 7.83. The van der Waals surface area contributed by atoms with E-state index < -0.39 is 22.5 Å². The number of hydrogen-bond donors (Lipinski definition) is 2. The summed E-state index contributed by atoms with van der Waals surface area (Å²) in [4.78, 5) is 14.6. The number of H-pyrrole nitrogens is 1. The predicted molar refractivity (Wildman–Crippen MR) is 83.6 cm³/mol. The Kier molecular flexibility index (Phi) is 3.22. The van der Waals surface area contributed by atoms with Crippen LogP contribution in [0.3, 0.4) is 0 Å². The number of aromatic nitrogens is 4. The number of aromatic amines is 1. The maximum absolute atomic E-state index is 14.3. The van der Waals surface area contributed by atoms with Crippen molar-refractivity contribution in [3.63, 3.8) is 0 Å². The van der Waals surface area contributed by atoms with E-state index in [9.17, 15) is 13.4 Å². The first-order valence-corrected chi connectivity index (χ1v) is 8.46. The number of aryl methyl sites for hydroxylation is 1. The Balaban J connectivity index is 1.86. The molecule has 1 atom stereocenters. The molecule has 8 nitrogen and oxygen atoms in total. The molecule has 1 saturated carbocycles. The summed E-state index contributed by atoms with van der Waals surface area (Å²) < 4.78 is 36.0. The smallest absolute Gasteiger partial charge is 0.334 e. The van der Waals surface area contributed by atoms with E-state index in [2.05, 4.69) is 19.9 Å². The third-order valence-corrected chi connectivity index (χ3v) is 5.37. The lowest BCUT2D eigenvalue weighted by Gasteiger charge is -2.11. The second-order valence-corrected chi connectivity index (χ2v) is 7.28. The van der Waals surface area contributed by atoms with E-state index in [-0.39, 0.29) is 22.0 Å². The van der Waals surface area contributed by atoms with Gasteiger partial charge in [-0.05, 0) is 25.8 Å². The first kappa shape index (κ1) is 15.2. The number of fused-ring (bicyclic) bond motifs is 1. The van der Waals surface area contributed by atoms with Crippen LogP contribution < -0.4 is 10.4 Å². The van der Waals surface area contributed by atoms with Gasteiger partial charge in [-0.3, -0.25) is 0 Å². The number of rotatable bonds is 4. The van der Waals surface area contributed by atoms with E-state index in [0.717, 1.165) is 23.5 Å². The van der Waals surface area contributed by atoms with E-state index in [1.807, 2.05) is 6.92 Å². The summed E-state index contributed by atoms with van der Waals surface area (Å²) in [6.07, 6.45) is 1.78. The van der Waals surface area contributed by atoms with Gasteiger partial charge in [0.25, 0.3) is 0 Å². The fraction of sp³-hybridized carbons (Fsp3) is 0.357. The van der Waals surface area contributed by atoms with Crippen molar-refractivity contribution in [3.05, 3.63) is 34.3 Å². The van der Waals surface area contributed by atoms with Crippen LogP contribution in [0.2, 0.25) is 0 Å². The second-order valence-electron chi connectivity index (χ2n) is 6.10. The van der Waals surface area contributed by atoms with Crippen LogP contribution in [0.15, 0.2) is 26.2 Å². The van der Waals surface area contributed by atoms with Gasteiger partial charge in [-0.25, -0.2) is 22.7 Å². The van der Waals surface area contributed by atoms with Crippen LogP contribution in [0.4, 0.5) is 4.39 Å². The molecule has 2 aromatic heterocycles. The highest BCUT2D eigenvalue weighted by Crippen LogP contribution is 2.35. The maximum atomic E-state index is 14.3. The fourth-order valence-corrected chi connectivity index (χ4v) is 3.60. The monoisotopic (exact) mass is 351 g/mol. The standard InChI is InChI=1S/C14H14FN5O3S/c1-7-17-18-13(23-7)20-10-6-11(24(22)19-14(2)3-4-14)8(15)5-9(10)16-12(20)21/h5-6,19H,3-4H2,1-2H3,(H,16,21). The van der Waals surface area contributed by atoms with Crippen molar-refractivity contribution in [2.24, 2.45) is 0 Å². The zero-order chi connectivity index (χ0) is 17.1. The molecule has 0 bridgehead atoms. The topological polar surface area (TPSA) is 106 Å². The van der Waals surface area contributed by atoms with Crippen molar-refractivity contribution in [2.45, 2.75) is 37.1 Å². The summed E-state index contributed by atoms with van der Waals surface area (Å²) in [5, 5.41) is 7.49. The number of nitrogens with zero attached hydrogens (tertiary/aromatic N) is 3. The molecule has 24 heavy (non-hydrogen) atoms. The Morgan fingerprint density at radius 2 is 2.17 bits per heavy atom. The van der Waals surface area contributed by atoms with Crippen molar-refractivity contribution >= 4 is 22.0 Å². The number of halogens is 1. The van der Waals surface area contributed by atoms with Gasteiger partial charge in [0.2, 0.25) is 5.89 Å². The molecule has 3 aromatic rings. The second kappa shape index (κ2) is 5.08. The van der Waals surface area contributed by atoms with Crippen molar-refractivity contribution in [1.29, 1.82) is 0 Å². The molecule has 2 heterocycles. The average Bonchev–Trinajstić information content (AvgIpc) is 2.93. The highest BCUT2D eigenvalue weighted by atomic mass is 32.2. The average molecular weight is 351 g/mol. The Morgan fingerprint density at radius 3 is 2.79 bits per heavy atom. The van der Waals surface area contributed by atoms with Crippen LogP contribution in [-0.2, 0) is 11.0 Å². The molecule has 1 aromatic carbocycles. The number of benzene rings is 1. The van der Waals surface area contributed by atoms with Crippen molar-refractivity contribution in [3.8, 4) is 6.01 Å². The van der Waals surface area contributed by atoms with Crippen molar-refractivity contribution < 1.29 is 13.0 Å². The van der Waals surface area contributed by atoms with Gasteiger partial charge in [-0.2, -0.15) is 0 Å². The highest BCUT2D eigenvalue weighted by Gasteiger charge is 2.39. The quantitative estimate of drug-likeness (QED) is 0.737. The number of imidazole rings is 1. The fourth-order valence-electron chi connectivity index (χ4n) is 2.39. The molecule has 126 valence electrons. The normalized spacial score (nSPS) is 17.3. The summed E-state index contributed by atoms with van der Waals surface area (Å²) in [6.45, 7) is 3.52. The molecule has 2 N–H and O–H groups in total. The van der Waals surface area contributed by atoms with Crippen LogP contribution in [0.1, 0.15) is 25.7 Å². The van der Waals surface area contributed by atoms with Gasteiger partial charge in [-0.15, -0.1) is 5.10 Å². The predicted octanol–water partition coefficient (Wildman–Crippen LogP) is 1.31. The molecule has 0 radical (unpaired) electrons. The van der Waals surface area contributed by atoms with Crippen LogP contribution in [0.5, 0.6) is 0 Å². The molecule has 0 spiro atoms.